The van der Waals surface area contributed by atoms with Crippen LogP contribution in [-0.4, -0.2) is 30.6 Å². The van der Waals surface area contributed by atoms with Gasteiger partial charge in [-0.05, 0) is 55.5 Å². The fourth-order valence-electron chi connectivity index (χ4n) is 3.52. The van der Waals surface area contributed by atoms with E-state index in [-0.39, 0.29) is 6.04 Å². The Labute approximate surface area is 154 Å². The molecule has 4 nitrogen and oxygen atoms in total. The van der Waals surface area contributed by atoms with Crippen LogP contribution in [0.3, 0.4) is 0 Å². The van der Waals surface area contributed by atoms with Crippen LogP contribution in [0.5, 0.6) is 11.5 Å². The summed E-state index contributed by atoms with van der Waals surface area (Å²) >= 11 is 1.70. The molecule has 1 aromatic heterocycles. The van der Waals surface area contributed by atoms with Crippen molar-refractivity contribution in [2.24, 2.45) is 5.73 Å². The second kappa shape index (κ2) is 8.70. The van der Waals surface area contributed by atoms with Gasteiger partial charge in [0, 0.05) is 23.5 Å². The second-order valence-corrected chi connectivity index (χ2v) is 7.78. The highest BCUT2D eigenvalue weighted by molar-refractivity contribution is 7.09. The van der Waals surface area contributed by atoms with E-state index in [4.69, 9.17) is 15.2 Å². The molecule has 2 aromatic rings. The summed E-state index contributed by atoms with van der Waals surface area (Å²) in [5.74, 6) is 1.59. The number of ether oxygens (including phenoxy) is 2. The highest BCUT2D eigenvalue weighted by Crippen LogP contribution is 2.31. The molecular formula is C20H28N2O2S. The van der Waals surface area contributed by atoms with Gasteiger partial charge in [-0.25, -0.2) is 0 Å². The average molecular weight is 361 g/mol. The molecule has 2 heterocycles. The minimum Gasteiger partial charge on any atom is -0.493 e. The normalized spacial score (nSPS) is 19.6. The van der Waals surface area contributed by atoms with E-state index in [2.05, 4.69) is 35.4 Å². The smallest absolute Gasteiger partial charge is 0.161 e. The molecule has 1 aliphatic heterocycles. The molecule has 0 saturated carbocycles. The molecule has 0 radical (unpaired) electrons. The zero-order chi connectivity index (χ0) is 17.6. The largest absolute Gasteiger partial charge is 0.493 e. The van der Waals surface area contributed by atoms with Gasteiger partial charge in [-0.1, -0.05) is 18.6 Å². The predicted octanol–water partition coefficient (Wildman–Crippen LogP) is 4.04. The number of hydrogen-bond acceptors (Lipinski definition) is 5. The van der Waals surface area contributed by atoms with E-state index in [0.717, 1.165) is 24.6 Å². The lowest BCUT2D eigenvalue weighted by Gasteiger charge is -2.38. The molecule has 0 amide bonds. The van der Waals surface area contributed by atoms with E-state index in [9.17, 15) is 0 Å². The van der Waals surface area contributed by atoms with Gasteiger partial charge >= 0.3 is 0 Å². The number of likely N-dealkylation sites (tertiary alicyclic amines) is 1. The Balaban J connectivity index is 1.68. The van der Waals surface area contributed by atoms with Crippen molar-refractivity contribution in [3.05, 3.63) is 46.2 Å². The topological polar surface area (TPSA) is 47.7 Å². The van der Waals surface area contributed by atoms with E-state index in [1.165, 1.54) is 29.7 Å². The van der Waals surface area contributed by atoms with Crippen molar-refractivity contribution in [3.8, 4) is 11.5 Å². The quantitative estimate of drug-likeness (QED) is 0.810. The molecule has 2 N–H and O–H groups in total. The van der Waals surface area contributed by atoms with Crippen molar-refractivity contribution >= 4 is 11.3 Å². The fourth-order valence-corrected chi connectivity index (χ4v) is 4.13. The van der Waals surface area contributed by atoms with Gasteiger partial charge in [0.1, 0.15) is 6.61 Å². The highest BCUT2D eigenvalue weighted by atomic mass is 32.1. The monoisotopic (exact) mass is 360 g/mol. The minimum absolute atomic E-state index is 0.204. The van der Waals surface area contributed by atoms with Crippen molar-refractivity contribution in [1.82, 2.24) is 4.90 Å². The molecule has 0 spiro atoms. The third kappa shape index (κ3) is 4.75. The van der Waals surface area contributed by atoms with Crippen LogP contribution >= 0.6 is 11.3 Å². The number of thiophene rings is 1. The van der Waals surface area contributed by atoms with E-state index < -0.39 is 0 Å². The molecule has 2 atom stereocenters. The van der Waals surface area contributed by atoms with E-state index in [1.807, 2.05) is 12.1 Å². The molecule has 1 aromatic carbocycles. The highest BCUT2D eigenvalue weighted by Gasteiger charge is 2.25. The molecule has 2 unspecified atom stereocenters. The third-order valence-corrected chi connectivity index (χ3v) is 5.68. The van der Waals surface area contributed by atoms with Gasteiger partial charge in [0.2, 0.25) is 0 Å². The number of nitrogens with zero attached hydrogens (tertiary/aromatic N) is 1. The first-order valence-electron chi connectivity index (χ1n) is 8.99. The van der Waals surface area contributed by atoms with Crippen LogP contribution < -0.4 is 15.2 Å². The summed E-state index contributed by atoms with van der Waals surface area (Å²) in [6, 6.07) is 11.0. The minimum atomic E-state index is 0.204. The number of benzene rings is 1. The Morgan fingerprint density at radius 2 is 2.16 bits per heavy atom. The van der Waals surface area contributed by atoms with E-state index >= 15 is 0 Å². The summed E-state index contributed by atoms with van der Waals surface area (Å²) in [6.07, 6.45) is 3.72. The van der Waals surface area contributed by atoms with Gasteiger partial charge in [0.15, 0.2) is 11.5 Å². The number of methoxy groups -OCH3 is 1. The maximum Gasteiger partial charge on any atom is 0.161 e. The summed E-state index contributed by atoms with van der Waals surface area (Å²) in [4.78, 5) is 3.72. The standard InChI is InChI=1S/C20H28N2O2S/c1-15(21)18-7-3-4-10-22(18)13-16-8-9-19(20(12-16)23-2)24-14-17-6-5-11-25-17/h5-6,8-9,11-12,15,18H,3-4,7,10,13-14,21H2,1-2H3. The summed E-state index contributed by atoms with van der Waals surface area (Å²) in [6.45, 7) is 4.72. The van der Waals surface area contributed by atoms with Gasteiger partial charge < -0.3 is 15.2 Å². The molecule has 1 fully saturated rings. The number of hydrogen-bond donors (Lipinski definition) is 1. The van der Waals surface area contributed by atoms with Crippen LogP contribution in [-0.2, 0) is 13.2 Å². The lowest BCUT2D eigenvalue weighted by Crippen LogP contribution is -2.48. The fraction of sp³-hybridized carbons (Fsp3) is 0.500. The van der Waals surface area contributed by atoms with Gasteiger partial charge in [-0.2, -0.15) is 0 Å². The molecule has 0 aliphatic carbocycles. The van der Waals surface area contributed by atoms with Crippen molar-refractivity contribution < 1.29 is 9.47 Å². The number of piperidine rings is 1. The lowest BCUT2D eigenvalue weighted by molar-refractivity contribution is 0.123. The molecule has 136 valence electrons. The van der Waals surface area contributed by atoms with Crippen molar-refractivity contribution in [3.63, 3.8) is 0 Å². The van der Waals surface area contributed by atoms with Crippen LogP contribution in [0.2, 0.25) is 0 Å². The maximum absolute atomic E-state index is 6.19. The lowest BCUT2D eigenvalue weighted by atomic mass is 9.96. The molecule has 1 saturated heterocycles. The number of rotatable bonds is 7. The van der Waals surface area contributed by atoms with Gasteiger partial charge in [0.05, 0.1) is 7.11 Å². The van der Waals surface area contributed by atoms with E-state index in [0.29, 0.717) is 12.6 Å². The Bertz CT molecular complexity index is 658. The van der Waals surface area contributed by atoms with Crippen molar-refractivity contribution in [2.45, 2.75) is 51.4 Å². The van der Waals surface area contributed by atoms with Crippen LogP contribution in [0.1, 0.15) is 36.6 Å². The summed E-state index contributed by atoms with van der Waals surface area (Å²) in [5.41, 5.74) is 7.44. The van der Waals surface area contributed by atoms with Crippen LogP contribution in [0.4, 0.5) is 0 Å². The average Bonchev–Trinajstić information content (AvgIpc) is 3.14. The SMILES string of the molecule is COc1cc(CN2CCCCC2C(C)N)ccc1OCc1cccs1. The summed E-state index contributed by atoms with van der Waals surface area (Å²) < 4.78 is 11.5. The number of nitrogens with two attached hydrogens (primary N) is 1. The summed E-state index contributed by atoms with van der Waals surface area (Å²) in [7, 11) is 1.70. The van der Waals surface area contributed by atoms with Gasteiger partial charge in [0.25, 0.3) is 0 Å². The predicted molar refractivity (Wildman–Crippen MR) is 103 cm³/mol. The third-order valence-electron chi connectivity index (χ3n) is 4.83. The van der Waals surface area contributed by atoms with Gasteiger partial charge in [-0.15, -0.1) is 11.3 Å². The van der Waals surface area contributed by atoms with Crippen LogP contribution in [0.15, 0.2) is 35.7 Å². The molecule has 1 aliphatic rings. The molecule has 25 heavy (non-hydrogen) atoms. The van der Waals surface area contributed by atoms with Gasteiger partial charge in [-0.3, -0.25) is 4.90 Å². The van der Waals surface area contributed by atoms with Crippen LogP contribution in [0.25, 0.3) is 0 Å². The maximum atomic E-state index is 6.19. The zero-order valence-electron chi connectivity index (χ0n) is 15.1. The Morgan fingerprint density at radius 3 is 2.88 bits per heavy atom. The van der Waals surface area contributed by atoms with Crippen LogP contribution in [0, 0.1) is 0 Å². The molecule has 0 bridgehead atoms. The summed E-state index contributed by atoms with van der Waals surface area (Å²) in [5, 5.41) is 2.06. The van der Waals surface area contributed by atoms with E-state index in [1.54, 1.807) is 18.4 Å². The zero-order valence-corrected chi connectivity index (χ0v) is 15.9. The Hall–Kier alpha value is -1.56. The van der Waals surface area contributed by atoms with Crippen molar-refractivity contribution in [1.29, 1.82) is 0 Å². The first kappa shape index (κ1) is 18.2. The Kier molecular flexibility index (Phi) is 6.34. The first-order valence-corrected chi connectivity index (χ1v) is 9.87. The Morgan fingerprint density at radius 1 is 1.28 bits per heavy atom. The molecular weight excluding hydrogens is 332 g/mol. The molecule has 5 heteroatoms. The second-order valence-electron chi connectivity index (χ2n) is 6.75. The first-order chi connectivity index (χ1) is 12.2. The molecule has 3 rings (SSSR count). The van der Waals surface area contributed by atoms with Crippen molar-refractivity contribution in [2.75, 3.05) is 13.7 Å².